The molecule has 0 aromatic heterocycles. The fourth-order valence-corrected chi connectivity index (χ4v) is 2.02. The van der Waals surface area contributed by atoms with Crippen LogP contribution in [0.2, 0.25) is 0 Å². The van der Waals surface area contributed by atoms with Crippen molar-refractivity contribution in [2.45, 2.75) is 6.10 Å². The van der Waals surface area contributed by atoms with Crippen molar-refractivity contribution in [2.24, 2.45) is 0 Å². The minimum atomic E-state index is -0.694. The molecule has 1 atom stereocenters. The number of halogens is 2. The molecule has 0 aliphatic carbocycles. The van der Waals surface area contributed by atoms with Gasteiger partial charge in [-0.25, -0.2) is 0 Å². The third-order valence-electron chi connectivity index (χ3n) is 2.00. The molecule has 0 spiro atoms. The van der Waals surface area contributed by atoms with E-state index >= 15 is 0 Å². The molecule has 0 saturated carbocycles. The van der Waals surface area contributed by atoms with E-state index < -0.39 is 6.10 Å². The van der Waals surface area contributed by atoms with Gasteiger partial charge in [0.25, 0.3) is 0 Å². The monoisotopic (exact) mass is 278 g/mol. The molecule has 1 aliphatic rings. The van der Waals surface area contributed by atoms with Gasteiger partial charge in [-0.3, -0.25) is 0 Å². The molecular weight excluding hydrogens is 271 g/mol. The Morgan fingerprint density at radius 1 is 1.43 bits per heavy atom. The van der Waals surface area contributed by atoms with Crippen molar-refractivity contribution < 1.29 is 14.6 Å². The standard InChI is InChI=1S/C9H8BrClO3/c10-6-2-9-8(13-4-14-9)1-5(6)7(12)3-11/h1-2,7,12H,3-4H2. The third kappa shape index (κ3) is 1.69. The summed E-state index contributed by atoms with van der Waals surface area (Å²) in [6.07, 6.45) is -0.694. The number of benzene rings is 1. The topological polar surface area (TPSA) is 38.7 Å². The summed E-state index contributed by atoms with van der Waals surface area (Å²) in [5.41, 5.74) is 0.712. The number of hydrogen-bond donors (Lipinski definition) is 1. The molecule has 3 nitrogen and oxygen atoms in total. The quantitative estimate of drug-likeness (QED) is 0.845. The summed E-state index contributed by atoms with van der Waals surface area (Å²) in [5.74, 6) is 1.48. The van der Waals surface area contributed by atoms with Gasteiger partial charge in [-0.15, -0.1) is 11.6 Å². The average molecular weight is 280 g/mol. The zero-order chi connectivity index (χ0) is 10.1. The Morgan fingerprint density at radius 3 is 2.71 bits per heavy atom. The van der Waals surface area contributed by atoms with Crippen LogP contribution in [0.3, 0.4) is 0 Å². The Labute approximate surface area is 94.7 Å². The fourth-order valence-electron chi connectivity index (χ4n) is 1.27. The van der Waals surface area contributed by atoms with Crippen LogP contribution in [-0.2, 0) is 0 Å². The van der Waals surface area contributed by atoms with Crippen molar-refractivity contribution in [1.82, 2.24) is 0 Å². The van der Waals surface area contributed by atoms with E-state index in [2.05, 4.69) is 15.9 Å². The Kier molecular flexibility index (Phi) is 2.85. The van der Waals surface area contributed by atoms with Crippen molar-refractivity contribution in [3.63, 3.8) is 0 Å². The summed E-state index contributed by atoms with van der Waals surface area (Å²) in [7, 11) is 0. The van der Waals surface area contributed by atoms with Crippen molar-refractivity contribution in [2.75, 3.05) is 12.7 Å². The minimum Gasteiger partial charge on any atom is -0.454 e. The summed E-state index contributed by atoms with van der Waals surface area (Å²) in [6, 6.07) is 3.51. The molecule has 1 N–H and O–H groups in total. The van der Waals surface area contributed by atoms with E-state index in [1.54, 1.807) is 12.1 Å². The number of ether oxygens (including phenoxy) is 2. The van der Waals surface area contributed by atoms with E-state index in [1.807, 2.05) is 0 Å². The van der Waals surface area contributed by atoms with Gasteiger partial charge in [0.15, 0.2) is 11.5 Å². The van der Waals surface area contributed by atoms with Gasteiger partial charge in [-0.05, 0) is 17.7 Å². The maximum atomic E-state index is 9.58. The van der Waals surface area contributed by atoms with Crippen molar-refractivity contribution in [1.29, 1.82) is 0 Å². The maximum Gasteiger partial charge on any atom is 0.231 e. The minimum absolute atomic E-state index is 0.151. The second-order valence-electron chi connectivity index (χ2n) is 2.90. The Morgan fingerprint density at radius 2 is 2.07 bits per heavy atom. The molecule has 1 unspecified atom stereocenters. The molecule has 5 heteroatoms. The molecule has 76 valence electrons. The van der Waals surface area contributed by atoms with Crippen LogP contribution in [0.25, 0.3) is 0 Å². The van der Waals surface area contributed by atoms with Crippen LogP contribution in [0.5, 0.6) is 11.5 Å². The lowest BCUT2D eigenvalue weighted by atomic mass is 10.1. The van der Waals surface area contributed by atoms with Crippen LogP contribution in [0.1, 0.15) is 11.7 Å². The van der Waals surface area contributed by atoms with Crippen molar-refractivity contribution in [3.8, 4) is 11.5 Å². The first-order valence-electron chi connectivity index (χ1n) is 4.05. The van der Waals surface area contributed by atoms with Crippen LogP contribution in [0.15, 0.2) is 16.6 Å². The first-order valence-corrected chi connectivity index (χ1v) is 5.38. The van der Waals surface area contributed by atoms with Crippen molar-refractivity contribution in [3.05, 3.63) is 22.2 Å². The number of fused-ring (bicyclic) bond motifs is 1. The molecule has 2 rings (SSSR count). The number of hydrogen-bond acceptors (Lipinski definition) is 3. The van der Waals surface area contributed by atoms with Crippen LogP contribution >= 0.6 is 27.5 Å². The smallest absolute Gasteiger partial charge is 0.231 e. The fraction of sp³-hybridized carbons (Fsp3) is 0.333. The summed E-state index contributed by atoms with van der Waals surface area (Å²) < 4.78 is 11.1. The molecule has 0 fully saturated rings. The lowest BCUT2D eigenvalue weighted by Gasteiger charge is -2.10. The van der Waals surface area contributed by atoms with Crippen LogP contribution < -0.4 is 9.47 Å². The largest absolute Gasteiger partial charge is 0.454 e. The van der Waals surface area contributed by atoms with Gasteiger partial charge in [0, 0.05) is 4.47 Å². The molecule has 0 bridgehead atoms. The molecule has 1 aliphatic heterocycles. The third-order valence-corrected chi connectivity index (χ3v) is 2.98. The maximum absolute atomic E-state index is 9.58. The predicted octanol–water partition coefficient (Wildman–Crippen LogP) is 2.45. The molecule has 1 aromatic carbocycles. The van der Waals surface area contributed by atoms with Crippen LogP contribution in [0.4, 0.5) is 0 Å². The highest BCUT2D eigenvalue weighted by atomic mass is 79.9. The van der Waals surface area contributed by atoms with E-state index in [9.17, 15) is 5.11 Å². The van der Waals surface area contributed by atoms with Gasteiger partial charge in [0.1, 0.15) is 0 Å². The normalized spacial score (nSPS) is 15.6. The molecule has 0 amide bonds. The average Bonchev–Trinajstić information content (AvgIpc) is 2.62. The Hall–Kier alpha value is -0.450. The van der Waals surface area contributed by atoms with Gasteiger partial charge in [-0.1, -0.05) is 15.9 Å². The van der Waals surface area contributed by atoms with E-state index in [1.165, 1.54) is 0 Å². The number of rotatable bonds is 2. The van der Waals surface area contributed by atoms with Gasteiger partial charge < -0.3 is 14.6 Å². The summed E-state index contributed by atoms with van der Waals surface area (Å²) in [5, 5.41) is 9.58. The number of alkyl halides is 1. The zero-order valence-electron chi connectivity index (χ0n) is 7.17. The molecule has 1 heterocycles. The first-order chi connectivity index (χ1) is 6.72. The summed E-state index contributed by atoms with van der Waals surface area (Å²) >= 11 is 8.90. The molecule has 0 radical (unpaired) electrons. The predicted molar refractivity (Wildman–Crippen MR) is 55.9 cm³/mol. The highest BCUT2D eigenvalue weighted by Gasteiger charge is 2.19. The van der Waals surface area contributed by atoms with Crippen LogP contribution in [0, 0.1) is 0 Å². The first kappa shape index (κ1) is 10.1. The Balaban J connectivity index is 2.42. The van der Waals surface area contributed by atoms with Gasteiger partial charge in [0.2, 0.25) is 6.79 Å². The molecule has 1 aromatic rings. The molecule has 0 saturated heterocycles. The lowest BCUT2D eigenvalue weighted by Crippen LogP contribution is -1.99. The van der Waals surface area contributed by atoms with Gasteiger partial charge in [-0.2, -0.15) is 0 Å². The second kappa shape index (κ2) is 3.96. The molecule has 14 heavy (non-hydrogen) atoms. The SMILES string of the molecule is OC(CCl)c1cc2c(cc1Br)OCO2. The van der Waals surface area contributed by atoms with E-state index in [-0.39, 0.29) is 12.7 Å². The summed E-state index contributed by atoms with van der Waals surface area (Å²) in [6.45, 7) is 0.224. The highest BCUT2D eigenvalue weighted by Crippen LogP contribution is 2.39. The highest BCUT2D eigenvalue weighted by molar-refractivity contribution is 9.10. The second-order valence-corrected chi connectivity index (χ2v) is 4.06. The zero-order valence-corrected chi connectivity index (χ0v) is 9.51. The summed E-state index contributed by atoms with van der Waals surface area (Å²) in [4.78, 5) is 0. The number of aliphatic hydroxyl groups is 1. The van der Waals surface area contributed by atoms with Crippen molar-refractivity contribution >= 4 is 27.5 Å². The molecular formula is C9H8BrClO3. The van der Waals surface area contributed by atoms with Gasteiger partial charge >= 0.3 is 0 Å². The van der Waals surface area contributed by atoms with Crippen LogP contribution in [-0.4, -0.2) is 17.8 Å². The van der Waals surface area contributed by atoms with E-state index in [0.29, 0.717) is 17.1 Å². The lowest BCUT2D eigenvalue weighted by molar-refractivity contribution is 0.173. The van der Waals surface area contributed by atoms with Gasteiger partial charge in [0.05, 0.1) is 12.0 Å². The van der Waals surface area contributed by atoms with E-state index in [4.69, 9.17) is 21.1 Å². The number of aliphatic hydroxyl groups excluding tert-OH is 1. The Bertz CT molecular complexity index is 356. The van der Waals surface area contributed by atoms with E-state index in [0.717, 1.165) is 4.47 Å².